The van der Waals surface area contributed by atoms with E-state index in [4.69, 9.17) is 9.47 Å². The van der Waals surface area contributed by atoms with Gasteiger partial charge in [0.2, 0.25) is 0 Å². The van der Waals surface area contributed by atoms with Crippen LogP contribution < -0.4 is 16.2 Å². The normalized spacial score (nSPS) is 13.8. The van der Waals surface area contributed by atoms with E-state index < -0.39 is 17.6 Å². The molecule has 42 heavy (non-hydrogen) atoms. The minimum absolute atomic E-state index is 0.145. The van der Waals surface area contributed by atoms with Gasteiger partial charge in [-0.25, -0.2) is 15.0 Å². The molecule has 0 unspecified atom stereocenters. The summed E-state index contributed by atoms with van der Waals surface area (Å²) >= 11 is 0. The van der Waals surface area contributed by atoms with Crippen molar-refractivity contribution in [2.75, 3.05) is 39.4 Å². The number of amides is 4. The highest BCUT2D eigenvalue weighted by atomic mass is 16.6. The van der Waals surface area contributed by atoms with Gasteiger partial charge >= 0.3 is 12.1 Å². The Bertz CT molecular complexity index is 1340. The molecular weight excluding hydrogens is 534 g/mol. The summed E-state index contributed by atoms with van der Waals surface area (Å²) in [6, 6.07) is 21.1. The number of hydrogen-bond donors (Lipinski definition) is 3. The Morgan fingerprint density at radius 1 is 0.929 bits per heavy atom. The van der Waals surface area contributed by atoms with E-state index in [1.165, 1.54) is 0 Å². The van der Waals surface area contributed by atoms with Crippen LogP contribution in [0.4, 0.5) is 9.59 Å². The maximum absolute atomic E-state index is 13.4. The van der Waals surface area contributed by atoms with Crippen LogP contribution in [0, 0.1) is 0 Å². The van der Waals surface area contributed by atoms with Crippen molar-refractivity contribution in [3.8, 4) is 0 Å². The molecule has 0 aliphatic carbocycles. The molecule has 224 valence electrons. The fourth-order valence-electron chi connectivity index (χ4n) is 4.76. The Labute approximate surface area is 247 Å². The maximum atomic E-state index is 13.4. The number of fused-ring (bicyclic) bond motifs is 1. The molecule has 4 amide bonds. The molecule has 4 rings (SSSR count). The van der Waals surface area contributed by atoms with Crippen LogP contribution in [0.25, 0.3) is 10.8 Å². The molecule has 10 nitrogen and oxygen atoms in total. The van der Waals surface area contributed by atoms with E-state index >= 15 is 0 Å². The molecule has 1 heterocycles. The number of nitrogens with one attached hydrogen (secondary N) is 3. The minimum atomic E-state index is -0.741. The lowest BCUT2D eigenvalue weighted by atomic mass is 10.0. The molecule has 0 atom stereocenters. The number of hydrogen-bond acceptors (Lipinski definition) is 6. The molecule has 1 fully saturated rings. The quantitative estimate of drug-likeness (QED) is 0.325. The van der Waals surface area contributed by atoms with Crippen LogP contribution in [0.5, 0.6) is 0 Å². The lowest BCUT2D eigenvalue weighted by Crippen LogP contribution is -2.44. The largest absolute Gasteiger partial charge is 0.443 e. The summed E-state index contributed by atoms with van der Waals surface area (Å²) in [6.45, 7) is 10.8. The van der Waals surface area contributed by atoms with Crippen LogP contribution in [-0.4, -0.2) is 72.8 Å². The van der Waals surface area contributed by atoms with Gasteiger partial charge in [0, 0.05) is 44.8 Å². The number of rotatable bonds is 9. The Balaban J connectivity index is 1.37. The van der Waals surface area contributed by atoms with E-state index in [0.717, 1.165) is 61.2 Å². The van der Waals surface area contributed by atoms with Crippen molar-refractivity contribution < 1.29 is 23.9 Å². The molecule has 3 aromatic rings. The molecule has 0 aromatic heterocycles. The molecule has 0 bridgehead atoms. The van der Waals surface area contributed by atoms with Crippen LogP contribution in [0.2, 0.25) is 0 Å². The maximum Gasteiger partial charge on any atom is 0.426 e. The molecule has 1 aliphatic rings. The second kappa shape index (κ2) is 14.7. The molecule has 1 saturated heterocycles. The van der Waals surface area contributed by atoms with Crippen molar-refractivity contribution in [1.82, 2.24) is 26.0 Å². The Morgan fingerprint density at radius 3 is 2.38 bits per heavy atom. The zero-order valence-electron chi connectivity index (χ0n) is 24.7. The third-order valence-electron chi connectivity index (χ3n) is 6.87. The third kappa shape index (κ3) is 9.46. The van der Waals surface area contributed by atoms with Crippen molar-refractivity contribution in [3.05, 3.63) is 83.4 Å². The van der Waals surface area contributed by atoms with E-state index in [-0.39, 0.29) is 6.03 Å². The van der Waals surface area contributed by atoms with E-state index in [0.29, 0.717) is 25.2 Å². The number of benzene rings is 3. The topological polar surface area (TPSA) is 112 Å². The molecule has 0 saturated carbocycles. The number of morpholine rings is 1. The van der Waals surface area contributed by atoms with E-state index in [2.05, 4.69) is 39.3 Å². The first kappa shape index (κ1) is 30.8. The monoisotopic (exact) mass is 575 g/mol. The molecule has 0 radical (unpaired) electrons. The molecule has 0 spiro atoms. The second-order valence-corrected chi connectivity index (χ2v) is 11.3. The highest BCUT2D eigenvalue weighted by Crippen LogP contribution is 2.18. The Hall–Kier alpha value is -4.15. The number of ether oxygens (including phenoxy) is 2. The average molecular weight is 576 g/mol. The van der Waals surface area contributed by atoms with Gasteiger partial charge in [0.1, 0.15) is 5.60 Å². The van der Waals surface area contributed by atoms with Crippen molar-refractivity contribution in [1.29, 1.82) is 0 Å². The predicted molar refractivity (Wildman–Crippen MR) is 162 cm³/mol. The number of hydrazine groups is 1. The summed E-state index contributed by atoms with van der Waals surface area (Å²) in [5.74, 6) is -0.470. The second-order valence-electron chi connectivity index (χ2n) is 11.3. The SMILES string of the molecule is CC(C)(C)OC(=O)NNC(=O)c1ccc(CN(CCCN2CCOCC2)C(=O)NCc2cccc3ccccc23)cc1. The van der Waals surface area contributed by atoms with E-state index in [1.807, 2.05) is 41.3 Å². The van der Waals surface area contributed by atoms with E-state index in [1.54, 1.807) is 32.9 Å². The summed E-state index contributed by atoms with van der Waals surface area (Å²) in [6.07, 6.45) is 0.0908. The number of carbonyl (C=O) groups is 3. The van der Waals surface area contributed by atoms with Gasteiger partial charge in [0.25, 0.3) is 5.91 Å². The number of carbonyl (C=O) groups excluding carboxylic acids is 3. The molecule has 10 heteroatoms. The van der Waals surface area contributed by atoms with Crippen LogP contribution in [-0.2, 0) is 22.6 Å². The minimum Gasteiger partial charge on any atom is -0.443 e. The van der Waals surface area contributed by atoms with Crippen LogP contribution in [0.15, 0.2) is 66.7 Å². The predicted octanol–water partition coefficient (Wildman–Crippen LogP) is 4.44. The molecule has 3 N–H and O–H groups in total. The van der Waals surface area contributed by atoms with Crippen molar-refractivity contribution >= 4 is 28.8 Å². The van der Waals surface area contributed by atoms with Gasteiger partial charge in [0.15, 0.2) is 0 Å². The standard InChI is InChI=1S/C32H41N5O5/c1-32(2,3)42-31(40)35-34-29(38)26-14-12-24(13-15-26)23-37(17-7-16-36-18-20-41-21-19-36)30(39)33-22-27-10-6-9-25-8-4-5-11-28(25)27/h4-6,8-15H,7,16-23H2,1-3H3,(H,33,39)(H,34,38)(H,35,40). The lowest BCUT2D eigenvalue weighted by Gasteiger charge is -2.28. The summed E-state index contributed by atoms with van der Waals surface area (Å²) in [5.41, 5.74) is 6.25. The Morgan fingerprint density at radius 2 is 1.64 bits per heavy atom. The Kier molecular flexibility index (Phi) is 10.7. The van der Waals surface area contributed by atoms with Gasteiger partial charge in [-0.1, -0.05) is 54.6 Å². The summed E-state index contributed by atoms with van der Waals surface area (Å²) in [5, 5.41) is 5.37. The van der Waals surface area contributed by atoms with Crippen LogP contribution >= 0.6 is 0 Å². The number of nitrogens with zero attached hydrogens (tertiary/aromatic N) is 2. The van der Waals surface area contributed by atoms with Gasteiger partial charge < -0.3 is 19.7 Å². The fraction of sp³-hybridized carbons (Fsp3) is 0.406. The first-order valence-electron chi connectivity index (χ1n) is 14.4. The van der Waals surface area contributed by atoms with Gasteiger partial charge in [-0.05, 0) is 61.2 Å². The van der Waals surface area contributed by atoms with Crippen molar-refractivity contribution in [3.63, 3.8) is 0 Å². The van der Waals surface area contributed by atoms with Gasteiger partial charge in [-0.3, -0.25) is 15.1 Å². The number of urea groups is 1. The fourth-order valence-corrected chi connectivity index (χ4v) is 4.76. The summed E-state index contributed by atoms with van der Waals surface area (Å²) in [4.78, 5) is 41.9. The third-order valence-corrected chi connectivity index (χ3v) is 6.87. The van der Waals surface area contributed by atoms with Gasteiger partial charge in [-0.2, -0.15) is 0 Å². The van der Waals surface area contributed by atoms with Crippen LogP contribution in [0.3, 0.4) is 0 Å². The first-order valence-corrected chi connectivity index (χ1v) is 14.4. The zero-order chi connectivity index (χ0) is 30.0. The highest BCUT2D eigenvalue weighted by molar-refractivity contribution is 5.95. The van der Waals surface area contributed by atoms with Gasteiger partial charge in [-0.15, -0.1) is 0 Å². The van der Waals surface area contributed by atoms with Crippen LogP contribution in [0.1, 0.15) is 48.7 Å². The zero-order valence-corrected chi connectivity index (χ0v) is 24.7. The lowest BCUT2D eigenvalue weighted by molar-refractivity contribution is 0.0364. The van der Waals surface area contributed by atoms with E-state index in [9.17, 15) is 14.4 Å². The summed E-state index contributed by atoms with van der Waals surface area (Å²) < 4.78 is 10.6. The van der Waals surface area contributed by atoms with Gasteiger partial charge in [0.05, 0.1) is 13.2 Å². The highest BCUT2D eigenvalue weighted by Gasteiger charge is 2.18. The summed E-state index contributed by atoms with van der Waals surface area (Å²) in [7, 11) is 0. The molecular formula is C32H41N5O5. The van der Waals surface area contributed by atoms with Crippen molar-refractivity contribution in [2.45, 2.75) is 45.9 Å². The average Bonchev–Trinajstić information content (AvgIpc) is 2.98. The first-order chi connectivity index (χ1) is 20.2. The smallest absolute Gasteiger partial charge is 0.426 e. The molecule has 3 aromatic carbocycles. The van der Waals surface area contributed by atoms with Crippen molar-refractivity contribution in [2.24, 2.45) is 0 Å². The molecule has 1 aliphatic heterocycles.